The van der Waals surface area contributed by atoms with Gasteiger partial charge in [-0.1, -0.05) is 25.5 Å². The summed E-state index contributed by atoms with van der Waals surface area (Å²) in [5.74, 6) is 0. The van der Waals surface area contributed by atoms with Gasteiger partial charge in [0.25, 0.3) is 10.0 Å². The van der Waals surface area contributed by atoms with Gasteiger partial charge in [-0.05, 0) is 42.0 Å². The van der Waals surface area contributed by atoms with Gasteiger partial charge in [-0.3, -0.25) is 4.72 Å². The molecule has 0 amide bonds. The van der Waals surface area contributed by atoms with E-state index in [0.29, 0.717) is 15.5 Å². The van der Waals surface area contributed by atoms with Crippen LogP contribution >= 0.6 is 11.3 Å². The Hall–Kier alpha value is -1.37. The largest absolute Gasteiger partial charge is 0.326 e. The van der Waals surface area contributed by atoms with Gasteiger partial charge in [-0.2, -0.15) is 0 Å². The molecule has 0 atom stereocenters. The molecule has 0 fully saturated rings. The first-order valence-corrected chi connectivity index (χ1v) is 9.23. The Morgan fingerprint density at radius 3 is 2.48 bits per heavy atom. The molecule has 0 spiro atoms. The molecule has 6 heteroatoms. The predicted molar refractivity (Wildman–Crippen MR) is 88.2 cm³/mol. The van der Waals surface area contributed by atoms with E-state index in [-0.39, 0.29) is 6.54 Å². The molecule has 2 rings (SSSR count). The fourth-order valence-corrected chi connectivity index (χ4v) is 4.99. The van der Waals surface area contributed by atoms with E-state index in [4.69, 9.17) is 5.73 Å². The van der Waals surface area contributed by atoms with E-state index >= 15 is 0 Å². The van der Waals surface area contributed by atoms with Crippen LogP contribution in [0.3, 0.4) is 0 Å². The van der Waals surface area contributed by atoms with Gasteiger partial charge < -0.3 is 5.73 Å². The first kappa shape index (κ1) is 16.0. The number of benzene rings is 1. The topological polar surface area (TPSA) is 72.2 Å². The van der Waals surface area contributed by atoms with Crippen LogP contribution in [0.4, 0.5) is 5.69 Å². The molecule has 3 N–H and O–H groups in total. The number of nitrogens with two attached hydrogens (primary N) is 1. The number of hydrogen-bond acceptors (Lipinski definition) is 4. The van der Waals surface area contributed by atoms with Gasteiger partial charge >= 0.3 is 0 Å². The lowest BCUT2D eigenvalue weighted by molar-refractivity contribution is 0.600. The zero-order valence-electron chi connectivity index (χ0n) is 12.2. The van der Waals surface area contributed by atoms with E-state index < -0.39 is 10.0 Å². The van der Waals surface area contributed by atoms with Crippen molar-refractivity contribution >= 4 is 27.0 Å². The maximum atomic E-state index is 12.5. The molecule has 0 aliphatic rings. The second-order valence-electron chi connectivity index (χ2n) is 4.93. The Balaban J connectivity index is 2.26. The van der Waals surface area contributed by atoms with Crippen LogP contribution in [-0.4, -0.2) is 8.42 Å². The van der Waals surface area contributed by atoms with Crippen molar-refractivity contribution < 1.29 is 8.42 Å². The molecule has 0 saturated carbocycles. The second-order valence-corrected chi connectivity index (χ2v) is 7.51. The molecule has 21 heavy (non-hydrogen) atoms. The van der Waals surface area contributed by atoms with Crippen LogP contribution in [0, 0.1) is 6.92 Å². The lowest BCUT2D eigenvalue weighted by Crippen LogP contribution is -2.15. The number of aryl methyl sites for hydroxylation is 2. The Bertz CT molecular complexity index is 704. The first-order chi connectivity index (χ1) is 9.97. The summed E-state index contributed by atoms with van der Waals surface area (Å²) in [6, 6.07) is 7.50. The van der Waals surface area contributed by atoms with Crippen LogP contribution < -0.4 is 10.5 Å². The molecular formula is C15H20N2O2S2. The number of rotatable bonds is 6. The van der Waals surface area contributed by atoms with Crippen molar-refractivity contribution in [2.75, 3.05) is 4.72 Å². The molecule has 1 heterocycles. The van der Waals surface area contributed by atoms with E-state index in [1.54, 1.807) is 19.1 Å². The second kappa shape index (κ2) is 6.60. The normalized spacial score (nSPS) is 11.6. The van der Waals surface area contributed by atoms with Crippen molar-refractivity contribution in [2.45, 2.75) is 38.1 Å². The van der Waals surface area contributed by atoms with Crippen molar-refractivity contribution in [3.05, 3.63) is 45.6 Å². The number of nitrogens with one attached hydrogen (secondary N) is 1. The monoisotopic (exact) mass is 324 g/mol. The van der Waals surface area contributed by atoms with Gasteiger partial charge in [0.05, 0.1) is 0 Å². The van der Waals surface area contributed by atoms with Gasteiger partial charge in [0, 0.05) is 17.1 Å². The third-order valence-electron chi connectivity index (χ3n) is 3.19. The first-order valence-electron chi connectivity index (χ1n) is 6.86. The quantitative estimate of drug-likeness (QED) is 0.856. The summed E-state index contributed by atoms with van der Waals surface area (Å²) in [6.07, 6.45) is 2.06. The Kier molecular flexibility index (Phi) is 5.03. The minimum absolute atomic E-state index is 0.226. The highest BCUT2D eigenvalue weighted by Gasteiger charge is 2.22. The standard InChI is InChI=1S/C15H20N2O2S2/c1-3-4-12-5-7-13(8-6-12)17-21(18,19)15-11(2)10-20-14(15)9-16/h5-8,10,17H,3-4,9,16H2,1-2H3. The fraction of sp³-hybridized carbons (Fsp3) is 0.333. The highest BCUT2D eigenvalue weighted by Crippen LogP contribution is 2.28. The number of sulfonamides is 1. The van der Waals surface area contributed by atoms with Crippen molar-refractivity contribution in [2.24, 2.45) is 5.73 Å². The molecule has 0 aliphatic carbocycles. The van der Waals surface area contributed by atoms with Gasteiger partial charge in [0.2, 0.25) is 0 Å². The number of hydrogen-bond donors (Lipinski definition) is 2. The molecule has 0 radical (unpaired) electrons. The van der Waals surface area contributed by atoms with Crippen molar-refractivity contribution in [1.82, 2.24) is 0 Å². The van der Waals surface area contributed by atoms with Crippen LogP contribution in [0.25, 0.3) is 0 Å². The van der Waals surface area contributed by atoms with Gasteiger partial charge in [-0.25, -0.2) is 8.42 Å². The number of thiophene rings is 1. The summed E-state index contributed by atoms with van der Waals surface area (Å²) in [7, 11) is -3.59. The minimum Gasteiger partial charge on any atom is -0.326 e. The van der Waals surface area contributed by atoms with E-state index in [1.807, 2.05) is 17.5 Å². The average molecular weight is 324 g/mol. The molecule has 0 aliphatic heterocycles. The van der Waals surface area contributed by atoms with Crippen LogP contribution in [-0.2, 0) is 23.0 Å². The summed E-state index contributed by atoms with van der Waals surface area (Å²) in [5.41, 5.74) is 8.13. The molecule has 0 unspecified atom stereocenters. The summed E-state index contributed by atoms with van der Waals surface area (Å²) in [6.45, 7) is 4.13. The number of anilines is 1. The van der Waals surface area contributed by atoms with Gasteiger partial charge in [0.15, 0.2) is 0 Å². The van der Waals surface area contributed by atoms with E-state index in [1.165, 1.54) is 16.9 Å². The lowest BCUT2D eigenvalue weighted by atomic mass is 10.1. The van der Waals surface area contributed by atoms with Crippen molar-refractivity contribution in [3.63, 3.8) is 0 Å². The maximum Gasteiger partial charge on any atom is 0.263 e. The zero-order chi connectivity index (χ0) is 15.5. The summed E-state index contributed by atoms with van der Waals surface area (Å²) < 4.78 is 27.7. The van der Waals surface area contributed by atoms with Gasteiger partial charge in [0.1, 0.15) is 4.90 Å². The van der Waals surface area contributed by atoms with Crippen LogP contribution in [0.15, 0.2) is 34.5 Å². The SMILES string of the molecule is CCCc1ccc(NS(=O)(=O)c2c(C)csc2CN)cc1. The van der Waals surface area contributed by atoms with Crippen molar-refractivity contribution in [1.29, 1.82) is 0 Å². The molecule has 1 aromatic carbocycles. The van der Waals surface area contributed by atoms with E-state index in [0.717, 1.165) is 18.4 Å². The average Bonchev–Trinajstić information content (AvgIpc) is 2.83. The molecular weight excluding hydrogens is 304 g/mol. The summed E-state index contributed by atoms with van der Waals surface area (Å²) in [4.78, 5) is 0.996. The third-order valence-corrected chi connectivity index (χ3v) is 6.05. The highest BCUT2D eigenvalue weighted by atomic mass is 32.2. The Labute approximate surface area is 130 Å². The minimum atomic E-state index is -3.59. The molecule has 0 bridgehead atoms. The van der Waals surface area contributed by atoms with Crippen LogP contribution in [0.1, 0.15) is 29.3 Å². The highest BCUT2D eigenvalue weighted by molar-refractivity contribution is 7.93. The lowest BCUT2D eigenvalue weighted by Gasteiger charge is -2.10. The fourth-order valence-electron chi connectivity index (χ4n) is 2.22. The molecule has 4 nitrogen and oxygen atoms in total. The van der Waals surface area contributed by atoms with E-state index in [2.05, 4.69) is 11.6 Å². The van der Waals surface area contributed by atoms with E-state index in [9.17, 15) is 8.42 Å². The van der Waals surface area contributed by atoms with Crippen LogP contribution in [0.2, 0.25) is 0 Å². The molecule has 2 aromatic rings. The molecule has 1 aromatic heterocycles. The smallest absolute Gasteiger partial charge is 0.263 e. The predicted octanol–water partition coefficient (Wildman–Crippen LogP) is 3.27. The summed E-state index contributed by atoms with van der Waals surface area (Å²) in [5, 5.41) is 1.82. The van der Waals surface area contributed by atoms with Crippen molar-refractivity contribution in [3.8, 4) is 0 Å². The molecule has 114 valence electrons. The van der Waals surface area contributed by atoms with Gasteiger partial charge in [-0.15, -0.1) is 11.3 Å². The third kappa shape index (κ3) is 3.64. The Morgan fingerprint density at radius 2 is 1.90 bits per heavy atom. The zero-order valence-corrected chi connectivity index (χ0v) is 13.9. The molecule has 0 saturated heterocycles. The summed E-state index contributed by atoms with van der Waals surface area (Å²) >= 11 is 1.38. The maximum absolute atomic E-state index is 12.5. The van der Waals surface area contributed by atoms with Crippen LogP contribution in [0.5, 0.6) is 0 Å². The Morgan fingerprint density at radius 1 is 1.24 bits per heavy atom.